The van der Waals surface area contributed by atoms with Crippen molar-refractivity contribution in [3.05, 3.63) is 81.8 Å². The predicted molar refractivity (Wildman–Crippen MR) is 140 cm³/mol. The van der Waals surface area contributed by atoms with Crippen LogP contribution in [0.15, 0.2) is 60.1 Å². The Kier molecular flexibility index (Phi) is 6.87. The van der Waals surface area contributed by atoms with E-state index in [0.29, 0.717) is 24.2 Å². The lowest BCUT2D eigenvalue weighted by Crippen LogP contribution is -2.44. The molecular formula is C28H30N4O3S. The molecule has 7 nitrogen and oxygen atoms in total. The molecule has 2 aliphatic rings. The first-order valence-corrected chi connectivity index (χ1v) is 13.3. The number of hydrogen-bond acceptors (Lipinski definition) is 6. The Morgan fingerprint density at radius 1 is 1.14 bits per heavy atom. The SMILES string of the molecule is C[C@H](c1nccs1)N1C(=O)c2cccc(N3CCC[C@@H](C(=O)N(C)CCc4ccccc4)C3)c2C1=O. The van der Waals surface area contributed by atoms with Crippen molar-refractivity contribution in [3.8, 4) is 0 Å². The van der Waals surface area contributed by atoms with Crippen molar-refractivity contribution in [1.29, 1.82) is 0 Å². The molecule has 36 heavy (non-hydrogen) atoms. The molecule has 1 fully saturated rings. The normalized spacial score (nSPS) is 18.3. The maximum atomic E-state index is 13.5. The molecule has 186 valence electrons. The molecule has 0 unspecified atom stereocenters. The number of piperidine rings is 1. The number of carbonyl (C=O) groups excluding carboxylic acids is 3. The number of benzene rings is 2. The first-order valence-electron chi connectivity index (χ1n) is 12.4. The van der Waals surface area contributed by atoms with E-state index in [1.165, 1.54) is 21.8 Å². The van der Waals surface area contributed by atoms with Crippen molar-refractivity contribution in [2.45, 2.75) is 32.2 Å². The van der Waals surface area contributed by atoms with Crippen molar-refractivity contribution in [3.63, 3.8) is 0 Å². The third-order valence-corrected chi connectivity index (χ3v) is 8.13. The maximum absolute atomic E-state index is 13.5. The number of rotatable bonds is 7. The standard InChI is InChI=1S/C28H30N4O3S/c1-19(25-29-14-17-36-25)32-27(34)22-11-6-12-23(24(22)28(32)35)31-15-7-10-21(18-31)26(33)30(2)16-13-20-8-4-3-5-9-20/h3-6,8-9,11-12,14,17,19,21H,7,10,13,15-16,18H2,1-2H3/t19-,21-/m1/s1. The van der Waals surface area contributed by atoms with Crippen LogP contribution in [-0.2, 0) is 11.2 Å². The first kappa shape index (κ1) is 24.2. The fourth-order valence-corrected chi connectivity index (χ4v) is 5.90. The van der Waals surface area contributed by atoms with E-state index in [1.54, 1.807) is 12.3 Å². The average Bonchev–Trinajstić information content (AvgIpc) is 3.54. The van der Waals surface area contributed by atoms with Crippen molar-refractivity contribution in [1.82, 2.24) is 14.8 Å². The van der Waals surface area contributed by atoms with Gasteiger partial charge in [0, 0.05) is 38.3 Å². The summed E-state index contributed by atoms with van der Waals surface area (Å²) in [5, 5.41) is 2.57. The number of imide groups is 1. The smallest absolute Gasteiger partial charge is 0.264 e. The quantitative estimate of drug-likeness (QED) is 0.447. The average molecular weight is 503 g/mol. The molecule has 0 radical (unpaired) electrons. The van der Waals surface area contributed by atoms with Crippen LogP contribution in [0.25, 0.3) is 0 Å². The minimum Gasteiger partial charge on any atom is -0.370 e. The number of fused-ring (bicyclic) bond motifs is 1. The molecule has 5 rings (SSSR count). The van der Waals surface area contributed by atoms with Gasteiger partial charge in [0.25, 0.3) is 11.8 Å². The van der Waals surface area contributed by atoms with Crippen molar-refractivity contribution in [2.24, 2.45) is 5.92 Å². The highest BCUT2D eigenvalue weighted by atomic mass is 32.1. The van der Waals surface area contributed by atoms with Crippen LogP contribution < -0.4 is 4.90 Å². The van der Waals surface area contributed by atoms with Gasteiger partial charge in [0.2, 0.25) is 5.91 Å². The summed E-state index contributed by atoms with van der Waals surface area (Å²) in [6, 6.07) is 15.2. The number of carbonyl (C=O) groups is 3. The Morgan fingerprint density at radius 2 is 1.94 bits per heavy atom. The lowest BCUT2D eigenvalue weighted by molar-refractivity contribution is -0.134. The van der Waals surface area contributed by atoms with Crippen LogP contribution >= 0.6 is 11.3 Å². The second-order valence-corrected chi connectivity index (χ2v) is 10.4. The highest BCUT2D eigenvalue weighted by Crippen LogP contribution is 2.38. The zero-order valence-electron chi connectivity index (χ0n) is 20.6. The monoisotopic (exact) mass is 502 g/mol. The number of aromatic nitrogens is 1. The number of hydrogen-bond donors (Lipinski definition) is 0. The van der Waals surface area contributed by atoms with E-state index >= 15 is 0 Å². The summed E-state index contributed by atoms with van der Waals surface area (Å²) in [5.41, 5.74) is 2.82. The number of likely N-dealkylation sites (N-methyl/N-ethyl adjacent to an activating group) is 1. The molecule has 1 saturated heterocycles. The Balaban J connectivity index is 1.32. The summed E-state index contributed by atoms with van der Waals surface area (Å²) in [5.74, 6) is -0.593. The summed E-state index contributed by atoms with van der Waals surface area (Å²) in [6.45, 7) is 3.78. The van der Waals surface area contributed by atoms with Crippen molar-refractivity contribution >= 4 is 34.7 Å². The molecule has 1 aromatic heterocycles. The van der Waals surface area contributed by atoms with Crippen molar-refractivity contribution in [2.75, 3.05) is 31.6 Å². The molecule has 2 aliphatic heterocycles. The molecule has 3 aromatic rings. The summed E-state index contributed by atoms with van der Waals surface area (Å²) >= 11 is 1.43. The van der Waals surface area contributed by atoms with Gasteiger partial charge in [-0.3, -0.25) is 19.3 Å². The van der Waals surface area contributed by atoms with E-state index in [1.807, 2.05) is 54.6 Å². The molecule has 0 bridgehead atoms. The third kappa shape index (κ3) is 4.53. The molecule has 2 aromatic carbocycles. The van der Waals surface area contributed by atoms with E-state index in [-0.39, 0.29) is 23.6 Å². The van der Waals surface area contributed by atoms with Crippen LogP contribution in [0, 0.1) is 5.92 Å². The van der Waals surface area contributed by atoms with E-state index in [4.69, 9.17) is 0 Å². The molecular weight excluding hydrogens is 472 g/mol. The van der Waals surface area contributed by atoms with Gasteiger partial charge in [-0.2, -0.15) is 0 Å². The van der Waals surface area contributed by atoms with Gasteiger partial charge in [0.05, 0.1) is 28.8 Å². The second kappa shape index (κ2) is 10.2. The van der Waals surface area contributed by atoms with E-state index in [2.05, 4.69) is 22.0 Å². The third-order valence-electron chi connectivity index (χ3n) is 7.19. The number of thiazole rings is 1. The molecule has 0 N–H and O–H groups in total. The highest BCUT2D eigenvalue weighted by molar-refractivity contribution is 7.09. The van der Waals surface area contributed by atoms with Gasteiger partial charge in [-0.25, -0.2) is 4.98 Å². The topological polar surface area (TPSA) is 73.8 Å². The number of nitrogens with zero attached hydrogens (tertiary/aromatic N) is 4. The van der Waals surface area contributed by atoms with Crippen LogP contribution in [0.4, 0.5) is 5.69 Å². The van der Waals surface area contributed by atoms with E-state index < -0.39 is 6.04 Å². The van der Waals surface area contributed by atoms with Gasteiger partial charge < -0.3 is 9.80 Å². The van der Waals surface area contributed by atoms with E-state index in [0.717, 1.165) is 36.5 Å². The summed E-state index contributed by atoms with van der Waals surface area (Å²) in [7, 11) is 1.87. The molecule has 3 heterocycles. The van der Waals surface area contributed by atoms with Crippen LogP contribution in [0.3, 0.4) is 0 Å². The van der Waals surface area contributed by atoms with Crippen molar-refractivity contribution < 1.29 is 14.4 Å². The Labute approximate surface area is 215 Å². The number of anilines is 1. The van der Waals surface area contributed by atoms with Crippen LogP contribution in [0.2, 0.25) is 0 Å². The minimum atomic E-state index is -0.431. The van der Waals surface area contributed by atoms with E-state index in [9.17, 15) is 14.4 Å². The fraction of sp³-hybridized carbons (Fsp3) is 0.357. The van der Waals surface area contributed by atoms with Crippen LogP contribution in [0.1, 0.15) is 57.1 Å². The molecule has 0 saturated carbocycles. The number of amides is 3. The zero-order chi connectivity index (χ0) is 25.2. The van der Waals surface area contributed by atoms with Crippen LogP contribution in [0.5, 0.6) is 0 Å². The maximum Gasteiger partial charge on any atom is 0.264 e. The van der Waals surface area contributed by atoms with Gasteiger partial charge in [0.1, 0.15) is 5.01 Å². The van der Waals surface area contributed by atoms with Gasteiger partial charge in [-0.1, -0.05) is 36.4 Å². The van der Waals surface area contributed by atoms with Gasteiger partial charge in [0.15, 0.2) is 0 Å². The van der Waals surface area contributed by atoms with Gasteiger partial charge in [-0.05, 0) is 43.9 Å². The largest absolute Gasteiger partial charge is 0.370 e. The molecule has 8 heteroatoms. The summed E-state index contributed by atoms with van der Waals surface area (Å²) in [4.78, 5) is 49.6. The lowest BCUT2D eigenvalue weighted by atomic mass is 9.94. The first-order chi connectivity index (χ1) is 17.5. The van der Waals surface area contributed by atoms with Crippen LogP contribution in [-0.4, -0.2) is 59.2 Å². The van der Waals surface area contributed by atoms with Gasteiger partial charge >= 0.3 is 0 Å². The fourth-order valence-electron chi connectivity index (χ4n) is 5.21. The lowest BCUT2D eigenvalue weighted by Gasteiger charge is -2.36. The summed E-state index contributed by atoms with van der Waals surface area (Å²) in [6.07, 6.45) is 4.17. The zero-order valence-corrected chi connectivity index (χ0v) is 21.4. The minimum absolute atomic E-state index is 0.129. The molecule has 0 spiro atoms. The Bertz CT molecular complexity index is 1260. The molecule has 0 aliphatic carbocycles. The Morgan fingerprint density at radius 3 is 2.69 bits per heavy atom. The Hall–Kier alpha value is -3.52. The van der Waals surface area contributed by atoms with Gasteiger partial charge in [-0.15, -0.1) is 11.3 Å². The molecule has 2 atom stereocenters. The second-order valence-electron chi connectivity index (χ2n) is 9.51. The highest BCUT2D eigenvalue weighted by Gasteiger charge is 2.42. The predicted octanol–water partition coefficient (Wildman–Crippen LogP) is 4.42. The summed E-state index contributed by atoms with van der Waals surface area (Å²) < 4.78 is 0. The molecule has 3 amide bonds.